The van der Waals surface area contributed by atoms with E-state index in [9.17, 15) is 9.59 Å². The van der Waals surface area contributed by atoms with E-state index in [1.807, 2.05) is 0 Å². The first-order chi connectivity index (χ1) is 6.59. The summed E-state index contributed by atoms with van der Waals surface area (Å²) in [4.78, 5) is 23.9. The Bertz CT molecular complexity index is 277. The van der Waals surface area contributed by atoms with Crippen LogP contribution in [0.5, 0.6) is 0 Å². The molecule has 0 radical (unpaired) electrons. The zero-order valence-corrected chi connectivity index (χ0v) is 8.27. The van der Waals surface area contributed by atoms with Crippen LogP contribution in [0.25, 0.3) is 0 Å². The topological polar surface area (TPSA) is 57.6 Å². The monoisotopic (exact) mass is 197 g/mol. The third-order valence-corrected chi connectivity index (χ3v) is 3.48. The Hall–Kier alpha value is -1.06. The van der Waals surface area contributed by atoms with Gasteiger partial charge in [-0.1, -0.05) is 0 Å². The van der Waals surface area contributed by atoms with Crippen LogP contribution < -0.4 is 0 Å². The molecule has 1 aliphatic carbocycles. The number of aliphatic carboxylic acids is 1. The van der Waals surface area contributed by atoms with E-state index in [1.165, 1.54) is 11.8 Å². The molecule has 2 rings (SSSR count). The van der Waals surface area contributed by atoms with Crippen molar-refractivity contribution in [2.75, 3.05) is 6.54 Å². The van der Waals surface area contributed by atoms with Crippen LogP contribution in [0.2, 0.25) is 0 Å². The van der Waals surface area contributed by atoms with Crippen LogP contribution in [-0.4, -0.2) is 34.5 Å². The van der Waals surface area contributed by atoms with E-state index in [2.05, 4.69) is 0 Å². The van der Waals surface area contributed by atoms with E-state index >= 15 is 0 Å². The van der Waals surface area contributed by atoms with Crippen molar-refractivity contribution in [1.29, 1.82) is 0 Å². The predicted molar refractivity (Wildman–Crippen MR) is 49.6 cm³/mol. The van der Waals surface area contributed by atoms with Gasteiger partial charge in [0.1, 0.15) is 6.04 Å². The van der Waals surface area contributed by atoms with Crippen LogP contribution in [0.1, 0.15) is 26.2 Å². The minimum Gasteiger partial charge on any atom is -0.480 e. The quantitative estimate of drug-likeness (QED) is 0.673. The average Bonchev–Trinajstić information content (AvgIpc) is 2.46. The first-order valence-corrected chi connectivity index (χ1v) is 5.09. The lowest BCUT2D eigenvalue weighted by Gasteiger charge is -2.37. The fraction of sp³-hybridized carbons (Fsp3) is 0.800. The molecule has 0 aromatic rings. The molecule has 2 bridgehead atoms. The van der Waals surface area contributed by atoms with Crippen molar-refractivity contribution >= 4 is 11.9 Å². The SMILES string of the molecule is CC(=O)N1CC2CCC(C2)C1C(=O)O. The van der Waals surface area contributed by atoms with Gasteiger partial charge in [-0.05, 0) is 31.1 Å². The number of carbonyl (C=O) groups excluding carboxylic acids is 1. The Balaban J connectivity index is 2.23. The number of amides is 1. The molecule has 3 unspecified atom stereocenters. The number of piperidine rings is 1. The van der Waals surface area contributed by atoms with Crippen molar-refractivity contribution in [1.82, 2.24) is 4.90 Å². The lowest BCUT2D eigenvalue weighted by molar-refractivity contribution is -0.154. The Morgan fingerprint density at radius 1 is 1.36 bits per heavy atom. The van der Waals surface area contributed by atoms with E-state index in [-0.39, 0.29) is 11.8 Å². The van der Waals surface area contributed by atoms with Crippen molar-refractivity contribution in [2.45, 2.75) is 32.2 Å². The van der Waals surface area contributed by atoms with Crippen molar-refractivity contribution in [3.63, 3.8) is 0 Å². The molecule has 1 heterocycles. The third-order valence-electron chi connectivity index (χ3n) is 3.48. The smallest absolute Gasteiger partial charge is 0.326 e. The molecule has 1 saturated carbocycles. The first kappa shape index (κ1) is 9.49. The Labute approximate surface area is 82.9 Å². The molecule has 14 heavy (non-hydrogen) atoms. The number of nitrogens with zero attached hydrogens (tertiary/aromatic N) is 1. The van der Waals surface area contributed by atoms with Crippen LogP contribution in [0.3, 0.4) is 0 Å². The molecule has 2 fully saturated rings. The summed E-state index contributed by atoms with van der Waals surface area (Å²) in [5.74, 6) is -0.214. The summed E-state index contributed by atoms with van der Waals surface area (Å²) in [6, 6.07) is -0.564. The van der Waals surface area contributed by atoms with Gasteiger partial charge in [-0.15, -0.1) is 0 Å². The molecule has 4 nitrogen and oxygen atoms in total. The van der Waals surface area contributed by atoms with Gasteiger partial charge in [0.05, 0.1) is 0 Å². The maximum Gasteiger partial charge on any atom is 0.326 e. The molecular weight excluding hydrogens is 182 g/mol. The summed E-state index contributed by atoms with van der Waals surface area (Å²) in [7, 11) is 0. The van der Waals surface area contributed by atoms with E-state index in [0.29, 0.717) is 12.5 Å². The van der Waals surface area contributed by atoms with Gasteiger partial charge in [0.2, 0.25) is 5.91 Å². The lowest BCUT2D eigenvalue weighted by atomic mass is 9.90. The van der Waals surface area contributed by atoms with Crippen molar-refractivity contribution in [3.05, 3.63) is 0 Å². The van der Waals surface area contributed by atoms with Crippen molar-refractivity contribution in [2.24, 2.45) is 11.8 Å². The Kier molecular flexibility index (Phi) is 2.21. The van der Waals surface area contributed by atoms with Crippen LogP contribution >= 0.6 is 0 Å². The number of likely N-dealkylation sites (tertiary alicyclic amines) is 1. The molecule has 0 spiro atoms. The molecule has 1 amide bonds. The van der Waals surface area contributed by atoms with Gasteiger partial charge in [0.15, 0.2) is 0 Å². The maximum atomic E-state index is 11.3. The summed E-state index contributed by atoms with van der Waals surface area (Å²) in [5, 5.41) is 9.08. The number of fused-ring (bicyclic) bond motifs is 2. The second kappa shape index (κ2) is 3.26. The summed E-state index contributed by atoms with van der Waals surface area (Å²) < 4.78 is 0. The van der Waals surface area contributed by atoms with E-state index in [0.717, 1.165) is 19.3 Å². The van der Waals surface area contributed by atoms with Gasteiger partial charge in [-0.25, -0.2) is 4.79 Å². The second-order valence-electron chi connectivity index (χ2n) is 4.39. The zero-order valence-electron chi connectivity index (χ0n) is 8.27. The summed E-state index contributed by atoms with van der Waals surface area (Å²) in [5.41, 5.74) is 0. The number of hydrogen-bond donors (Lipinski definition) is 1. The fourth-order valence-electron chi connectivity index (χ4n) is 2.87. The Morgan fingerprint density at radius 2 is 2.07 bits per heavy atom. The first-order valence-electron chi connectivity index (χ1n) is 5.09. The maximum absolute atomic E-state index is 11.3. The van der Waals surface area contributed by atoms with E-state index < -0.39 is 12.0 Å². The highest BCUT2D eigenvalue weighted by atomic mass is 16.4. The van der Waals surface area contributed by atoms with Gasteiger partial charge in [0.25, 0.3) is 0 Å². The summed E-state index contributed by atoms with van der Waals surface area (Å²) >= 11 is 0. The molecule has 0 aromatic carbocycles. The van der Waals surface area contributed by atoms with E-state index in [4.69, 9.17) is 5.11 Å². The van der Waals surface area contributed by atoms with Crippen LogP contribution in [-0.2, 0) is 9.59 Å². The third kappa shape index (κ3) is 1.38. The minimum absolute atomic E-state index is 0.103. The highest BCUT2D eigenvalue weighted by Gasteiger charge is 2.45. The van der Waals surface area contributed by atoms with Crippen molar-refractivity contribution in [3.8, 4) is 0 Å². The predicted octanol–water partition coefficient (Wildman–Crippen LogP) is 0.718. The molecular formula is C10H15NO3. The molecule has 4 heteroatoms. The molecule has 3 atom stereocenters. The normalized spacial score (nSPS) is 35.8. The van der Waals surface area contributed by atoms with Crippen LogP contribution in [0, 0.1) is 11.8 Å². The minimum atomic E-state index is -0.842. The molecule has 1 saturated heterocycles. The van der Waals surface area contributed by atoms with Gasteiger partial charge in [-0.3, -0.25) is 4.79 Å². The standard InChI is InChI=1S/C10H15NO3/c1-6(12)11-5-7-2-3-8(4-7)9(11)10(13)14/h7-9H,2-5H2,1H3,(H,13,14). The number of carboxylic acid groups (broad SMARTS) is 1. The van der Waals surface area contributed by atoms with Gasteiger partial charge in [0, 0.05) is 13.5 Å². The number of carbonyl (C=O) groups is 2. The van der Waals surface area contributed by atoms with Crippen molar-refractivity contribution < 1.29 is 14.7 Å². The summed E-state index contributed by atoms with van der Waals surface area (Å²) in [6.45, 7) is 2.10. The largest absolute Gasteiger partial charge is 0.480 e. The number of carboxylic acids is 1. The highest BCUT2D eigenvalue weighted by Crippen LogP contribution is 2.40. The van der Waals surface area contributed by atoms with Crippen LogP contribution in [0.4, 0.5) is 0 Å². The lowest BCUT2D eigenvalue weighted by Crippen LogP contribution is -2.52. The summed E-state index contributed by atoms with van der Waals surface area (Å²) in [6.07, 6.45) is 3.03. The molecule has 1 N–H and O–H groups in total. The Morgan fingerprint density at radius 3 is 2.64 bits per heavy atom. The van der Waals surface area contributed by atoms with Gasteiger partial charge >= 0.3 is 5.97 Å². The fourth-order valence-corrected chi connectivity index (χ4v) is 2.87. The van der Waals surface area contributed by atoms with Crippen LogP contribution in [0.15, 0.2) is 0 Å². The number of rotatable bonds is 1. The number of hydrogen-bond acceptors (Lipinski definition) is 2. The molecule has 0 aromatic heterocycles. The van der Waals surface area contributed by atoms with Gasteiger partial charge in [-0.2, -0.15) is 0 Å². The molecule has 78 valence electrons. The average molecular weight is 197 g/mol. The molecule has 2 aliphatic rings. The van der Waals surface area contributed by atoms with Gasteiger partial charge < -0.3 is 10.0 Å². The molecule has 1 aliphatic heterocycles. The highest BCUT2D eigenvalue weighted by molar-refractivity contribution is 5.83. The second-order valence-corrected chi connectivity index (χ2v) is 4.39. The zero-order chi connectivity index (χ0) is 10.3. The van der Waals surface area contributed by atoms with E-state index in [1.54, 1.807) is 0 Å².